The van der Waals surface area contributed by atoms with E-state index in [-0.39, 0.29) is 11.5 Å². The Hall–Kier alpha value is -4.26. The summed E-state index contributed by atoms with van der Waals surface area (Å²) < 4.78 is 3.38. The van der Waals surface area contributed by atoms with Gasteiger partial charge in [0.2, 0.25) is 5.78 Å². The monoisotopic (exact) mass is 451 g/mol. The van der Waals surface area contributed by atoms with Gasteiger partial charge in [-0.25, -0.2) is 0 Å². The average Bonchev–Trinajstić information content (AvgIpc) is 3.36. The van der Waals surface area contributed by atoms with E-state index in [9.17, 15) is 9.59 Å². The number of nitrogens with one attached hydrogen (secondary N) is 1. The lowest BCUT2D eigenvalue weighted by Crippen LogP contribution is -2.25. The minimum absolute atomic E-state index is 0.205. The van der Waals surface area contributed by atoms with E-state index in [2.05, 4.69) is 34.6 Å². The second-order valence-electron chi connectivity index (χ2n) is 8.46. The fourth-order valence-electron chi connectivity index (χ4n) is 4.07. The molecule has 0 spiro atoms. The van der Waals surface area contributed by atoms with Crippen LogP contribution in [0.5, 0.6) is 0 Å². The van der Waals surface area contributed by atoms with Gasteiger partial charge < -0.3 is 5.32 Å². The highest BCUT2D eigenvalue weighted by molar-refractivity contribution is 5.98. The lowest BCUT2D eigenvalue weighted by molar-refractivity contribution is 0.0951. The number of hydrogen-bond acceptors (Lipinski definition) is 4. The third-order valence-corrected chi connectivity index (χ3v) is 6.11. The van der Waals surface area contributed by atoms with Crippen molar-refractivity contribution in [2.75, 3.05) is 0 Å². The van der Waals surface area contributed by atoms with Crippen LogP contribution in [0.3, 0.4) is 0 Å². The smallest absolute Gasteiger partial charge is 0.263 e. The number of benzene rings is 3. The Morgan fingerprint density at radius 2 is 1.65 bits per heavy atom. The van der Waals surface area contributed by atoms with Gasteiger partial charge >= 0.3 is 0 Å². The topological polar surface area (TPSA) is 81.3 Å². The molecule has 3 aromatic carbocycles. The zero-order valence-corrected chi connectivity index (χ0v) is 19.2. The third-order valence-electron chi connectivity index (χ3n) is 6.11. The molecule has 5 rings (SSSR count). The van der Waals surface area contributed by atoms with Crippen molar-refractivity contribution < 1.29 is 4.79 Å². The van der Waals surface area contributed by atoms with E-state index in [4.69, 9.17) is 0 Å². The van der Waals surface area contributed by atoms with E-state index < -0.39 is 0 Å². The normalized spacial score (nSPS) is 11.2. The zero-order chi connectivity index (χ0) is 23.7. The predicted molar refractivity (Wildman–Crippen MR) is 132 cm³/mol. The fraction of sp³-hybridized carbons (Fsp3) is 0.185. The molecule has 0 aliphatic heterocycles. The van der Waals surface area contributed by atoms with Gasteiger partial charge in [-0.05, 0) is 48.2 Å². The van der Waals surface area contributed by atoms with Crippen LogP contribution in [-0.2, 0) is 19.5 Å². The Balaban J connectivity index is 1.50. The second kappa shape index (κ2) is 8.94. The van der Waals surface area contributed by atoms with Crippen LogP contribution in [0, 0.1) is 6.92 Å². The highest BCUT2D eigenvalue weighted by atomic mass is 16.1. The fourth-order valence-corrected chi connectivity index (χ4v) is 4.07. The van der Waals surface area contributed by atoms with Crippen LogP contribution in [0.15, 0.2) is 77.9 Å². The molecule has 0 saturated heterocycles. The van der Waals surface area contributed by atoms with Gasteiger partial charge in [-0.2, -0.15) is 0 Å². The van der Waals surface area contributed by atoms with E-state index in [0.717, 1.165) is 17.5 Å². The molecule has 5 aromatic rings. The van der Waals surface area contributed by atoms with Crippen molar-refractivity contribution in [2.45, 2.75) is 33.4 Å². The first-order valence-corrected chi connectivity index (χ1v) is 11.3. The van der Waals surface area contributed by atoms with Gasteiger partial charge in [0, 0.05) is 12.1 Å². The number of nitrogens with zero attached hydrogens (tertiary/aromatic N) is 4. The Morgan fingerprint density at radius 3 is 2.38 bits per heavy atom. The average molecular weight is 452 g/mol. The summed E-state index contributed by atoms with van der Waals surface area (Å²) in [5, 5.41) is 11.6. The molecule has 0 saturated carbocycles. The van der Waals surface area contributed by atoms with Gasteiger partial charge in [-0.1, -0.05) is 61.0 Å². The lowest BCUT2D eigenvalue weighted by Gasteiger charge is -2.12. The number of carbonyl (C=O) groups excluding carboxylic acids is 1. The molecule has 0 aliphatic rings. The minimum atomic E-state index is -0.229. The first-order chi connectivity index (χ1) is 16.5. The van der Waals surface area contributed by atoms with E-state index in [1.807, 2.05) is 43.3 Å². The van der Waals surface area contributed by atoms with Crippen LogP contribution in [0.4, 0.5) is 0 Å². The van der Waals surface area contributed by atoms with Gasteiger partial charge in [0.1, 0.15) is 6.33 Å². The molecule has 34 heavy (non-hydrogen) atoms. The Bertz CT molecular complexity index is 1550. The first kappa shape index (κ1) is 21.6. The number of aromatic nitrogens is 4. The molecule has 2 aromatic heterocycles. The number of amides is 1. The van der Waals surface area contributed by atoms with E-state index in [1.54, 1.807) is 33.5 Å². The summed E-state index contributed by atoms with van der Waals surface area (Å²) in [5.74, 6) is 0.237. The summed E-state index contributed by atoms with van der Waals surface area (Å²) in [6.07, 6.45) is 2.55. The predicted octanol–water partition coefficient (Wildman–Crippen LogP) is 3.89. The summed E-state index contributed by atoms with van der Waals surface area (Å²) in [6, 6.07) is 21.3. The van der Waals surface area contributed by atoms with Gasteiger partial charge in [0.25, 0.3) is 11.5 Å². The minimum Gasteiger partial charge on any atom is -0.348 e. The van der Waals surface area contributed by atoms with Gasteiger partial charge in [-0.15, -0.1) is 10.2 Å². The number of fused-ring (bicyclic) bond motifs is 3. The van der Waals surface area contributed by atoms with Gasteiger partial charge in [-0.3, -0.25) is 18.6 Å². The van der Waals surface area contributed by atoms with Gasteiger partial charge in [0.15, 0.2) is 0 Å². The van der Waals surface area contributed by atoms with Crippen molar-refractivity contribution in [3.63, 3.8) is 0 Å². The molecule has 7 nitrogen and oxygen atoms in total. The molecule has 1 N–H and O–H groups in total. The Morgan fingerprint density at radius 1 is 0.941 bits per heavy atom. The molecule has 7 heteroatoms. The molecule has 0 aliphatic carbocycles. The molecule has 0 radical (unpaired) electrons. The van der Waals surface area contributed by atoms with Crippen molar-refractivity contribution in [3.05, 3.63) is 111 Å². The zero-order valence-electron chi connectivity index (χ0n) is 19.2. The summed E-state index contributed by atoms with van der Waals surface area (Å²) in [6.45, 7) is 4.92. The molecular formula is C27H25N5O2. The highest BCUT2D eigenvalue weighted by Crippen LogP contribution is 2.16. The molecule has 0 bridgehead atoms. The summed E-state index contributed by atoms with van der Waals surface area (Å²) in [7, 11) is 0. The van der Waals surface area contributed by atoms with E-state index >= 15 is 0 Å². The van der Waals surface area contributed by atoms with Gasteiger partial charge in [0.05, 0.1) is 17.4 Å². The standard InChI is InChI=1S/C27H25N5O2/c1-3-19-8-10-21(11-9-19)16-31-26(34)23-14-22(12-13-24(23)32-17-29-30-27(31)32)25(33)28-15-20-6-4-18(2)5-7-20/h4-14,17H,3,15-16H2,1-2H3,(H,28,33). The van der Waals surface area contributed by atoms with Crippen LogP contribution in [0.1, 0.15) is 39.5 Å². The quantitative estimate of drug-likeness (QED) is 0.425. The largest absolute Gasteiger partial charge is 0.348 e. The Labute approximate surface area is 196 Å². The number of aryl methyl sites for hydroxylation is 2. The van der Waals surface area contributed by atoms with Crippen LogP contribution in [0.2, 0.25) is 0 Å². The van der Waals surface area contributed by atoms with Crippen molar-refractivity contribution >= 4 is 22.6 Å². The maximum atomic E-state index is 13.5. The van der Waals surface area contributed by atoms with E-state index in [0.29, 0.717) is 35.3 Å². The number of carbonyl (C=O) groups is 1. The highest BCUT2D eigenvalue weighted by Gasteiger charge is 2.15. The second-order valence-corrected chi connectivity index (χ2v) is 8.46. The SMILES string of the molecule is CCc1ccc(Cn2c(=O)c3cc(C(=O)NCc4ccc(C)cc4)ccc3n3cnnc23)cc1. The number of rotatable bonds is 6. The van der Waals surface area contributed by atoms with Crippen molar-refractivity contribution in [1.29, 1.82) is 0 Å². The first-order valence-electron chi connectivity index (χ1n) is 11.3. The maximum absolute atomic E-state index is 13.5. The van der Waals surface area contributed by atoms with Crippen LogP contribution in [0.25, 0.3) is 16.7 Å². The molecule has 170 valence electrons. The Kier molecular flexibility index (Phi) is 5.67. The number of hydrogen-bond donors (Lipinski definition) is 1. The molecule has 2 heterocycles. The van der Waals surface area contributed by atoms with Crippen molar-refractivity contribution in [2.24, 2.45) is 0 Å². The third kappa shape index (κ3) is 4.08. The van der Waals surface area contributed by atoms with Crippen molar-refractivity contribution in [3.8, 4) is 0 Å². The van der Waals surface area contributed by atoms with Crippen LogP contribution >= 0.6 is 0 Å². The summed E-state index contributed by atoms with van der Waals surface area (Å²) in [5.41, 5.74) is 5.31. The molecule has 0 atom stereocenters. The summed E-state index contributed by atoms with van der Waals surface area (Å²) in [4.78, 5) is 26.3. The summed E-state index contributed by atoms with van der Waals surface area (Å²) >= 11 is 0. The van der Waals surface area contributed by atoms with Crippen LogP contribution < -0.4 is 10.9 Å². The molecule has 1 amide bonds. The van der Waals surface area contributed by atoms with Crippen molar-refractivity contribution in [1.82, 2.24) is 24.5 Å². The van der Waals surface area contributed by atoms with E-state index in [1.165, 1.54) is 11.1 Å². The van der Waals surface area contributed by atoms with Crippen LogP contribution in [-0.4, -0.2) is 25.1 Å². The molecule has 0 unspecified atom stereocenters. The molecule has 0 fully saturated rings. The lowest BCUT2D eigenvalue weighted by atomic mass is 10.1. The molecular weight excluding hydrogens is 426 g/mol. The maximum Gasteiger partial charge on any atom is 0.263 e.